The van der Waals surface area contributed by atoms with Gasteiger partial charge in [-0.1, -0.05) is 47.6 Å². The molecule has 1 unspecified atom stereocenters. The first kappa shape index (κ1) is 20.3. The van der Waals surface area contributed by atoms with Gasteiger partial charge in [0.15, 0.2) is 0 Å². The number of amides is 1. The smallest absolute Gasteiger partial charge is 0.257 e. The highest BCUT2D eigenvalue weighted by atomic mass is 19.1. The van der Waals surface area contributed by atoms with Crippen LogP contribution in [0.2, 0.25) is 0 Å². The number of nitrogens with one attached hydrogen (secondary N) is 1. The Morgan fingerprint density at radius 1 is 1.13 bits per heavy atom. The third kappa shape index (κ3) is 4.42. The number of hydrogen-bond donors (Lipinski definition) is 1. The fraction of sp³-hybridized carbons (Fsp3) is 0.304. The van der Waals surface area contributed by atoms with E-state index in [9.17, 15) is 9.18 Å². The standard InChI is InChI=1S/C23H24FN3O3/c1-16-21(22(26-30-16)18-5-3-2-4-6-18)23(28)25-15-20(27-11-13-29-14-12-27)17-7-9-19(24)10-8-17/h2-10,20H,11-15H2,1H3,(H,25,28). The van der Waals surface area contributed by atoms with Crippen molar-refractivity contribution in [3.8, 4) is 11.3 Å². The highest BCUT2D eigenvalue weighted by Crippen LogP contribution is 2.26. The summed E-state index contributed by atoms with van der Waals surface area (Å²) in [6.45, 7) is 4.87. The number of morpholine rings is 1. The van der Waals surface area contributed by atoms with E-state index >= 15 is 0 Å². The predicted octanol–water partition coefficient (Wildman–Crippen LogP) is 3.59. The molecule has 0 bridgehead atoms. The number of benzene rings is 2. The van der Waals surface area contributed by atoms with E-state index in [1.54, 1.807) is 19.1 Å². The molecule has 1 aromatic heterocycles. The normalized spacial score (nSPS) is 15.7. The monoisotopic (exact) mass is 409 g/mol. The molecule has 1 atom stereocenters. The Balaban J connectivity index is 1.55. The lowest BCUT2D eigenvalue weighted by Crippen LogP contribution is -2.43. The number of aryl methyl sites for hydroxylation is 1. The molecule has 7 heteroatoms. The molecular weight excluding hydrogens is 385 g/mol. The molecule has 0 aliphatic carbocycles. The van der Waals surface area contributed by atoms with Gasteiger partial charge in [-0.25, -0.2) is 4.39 Å². The molecule has 156 valence electrons. The summed E-state index contributed by atoms with van der Waals surface area (Å²) in [6.07, 6.45) is 0. The summed E-state index contributed by atoms with van der Waals surface area (Å²) in [5, 5.41) is 7.12. The van der Waals surface area contributed by atoms with E-state index in [0.717, 1.165) is 24.2 Å². The number of rotatable bonds is 6. The topological polar surface area (TPSA) is 67.6 Å². The highest BCUT2D eigenvalue weighted by molar-refractivity contribution is 6.00. The van der Waals surface area contributed by atoms with Crippen molar-refractivity contribution in [1.29, 1.82) is 0 Å². The second-order valence-corrected chi connectivity index (χ2v) is 7.25. The first-order valence-corrected chi connectivity index (χ1v) is 10.0. The first-order valence-electron chi connectivity index (χ1n) is 10.0. The van der Waals surface area contributed by atoms with E-state index in [2.05, 4.69) is 15.4 Å². The molecule has 1 saturated heterocycles. The zero-order chi connectivity index (χ0) is 20.9. The SMILES string of the molecule is Cc1onc(-c2ccccc2)c1C(=O)NCC(c1ccc(F)cc1)N1CCOCC1. The molecule has 3 aromatic rings. The van der Waals surface area contributed by atoms with E-state index in [4.69, 9.17) is 9.26 Å². The van der Waals surface area contributed by atoms with Crippen LogP contribution in [0.15, 0.2) is 59.1 Å². The molecule has 1 aliphatic rings. The summed E-state index contributed by atoms with van der Waals surface area (Å²) < 4.78 is 24.2. The zero-order valence-corrected chi connectivity index (χ0v) is 16.8. The van der Waals surface area contributed by atoms with Crippen molar-refractivity contribution in [1.82, 2.24) is 15.4 Å². The number of nitrogens with zero attached hydrogens (tertiary/aromatic N) is 2. The van der Waals surface area contributed by atoms with Gasteiger partial charge in [0.05, 0.1) is 19.3 Å². The average Bonchev–Trinajstić information content (AvgIpc) is 3.18. The Labute approximate surface area is 174 Å². The summed E-state index contributed by atoms with van der Waals surface area (Å²) in [4.78, 5) is 15.3. The van der Waals surface area contributed by atoms with E-state index in [-0.39, 0.29) is 17.8 Å². The molecule has 2 heterocycles. The van der Waals surface area contributed by atoms with Gasteiger partial charge in [0.25, 0.3) is 5.91 Å². The minimum absolute atomic E-state index is 0.0845. The summed E-state index contributed by atoms with van der Waals surface area (Å²) in [5.74, 6) is -0.0554. The van der Waals surface area contributed by atoms with Gasteiger partial charge in [-0.2, -0.15) is 0 Å². The summed E-state index contributed by atoms with van der Waals surface area (Å²) in [5.41, 5.74) is 2.73. The molecule has 30 heavy (non-hydrogen) atoms. The fourth-order valence-electron chi connectivity index (χ4n) is 3.74. The average molecular weight is 409 g/mol. The molecule has 0 radical (unpaired) electrons. The van der Waals surface area contributed by atoms with Gasteiger partial charge in [-0.15, -0.1) is 0 Å². The van der Waals surface area contributed by atoms with E-state index in [0.29, 0.717) is 36.8 Å². The second-order valence-electron chi connectivity index (χ2n) is 7.25. The van der Waals surface area contributed by atoms with Crippen LogP contribution in [0.4, 0.5) is 4.39 Å². The molecule has 1 amide bonds. The van der Waals surface area contributed by atoms with E-state index < -0.39 is 0 Å². The fourth-order valence-corrected chi connectivity index (χ4v) is 3.74. The van der Waals surface area contributed by atoms with Gasteiger partial charge in [-0.05, 0) is 24.6 Å². The molecule has 4 rings (SSSR count). The van der Waals surface area contributed by atoms with E-state index in [1.807, 2.05) is 30.3 Å². The first-order chi connectivity index (χ1) is 14.6. The van der Waals surface area contributed by atoms with Crippen LogP contribution in [0.3, 0.4) is 0 Å². The van der Waals surface area contributed by atoms with Crippen LogP contribution in [-0.4, -0.2) is 48.8 Å². The van der Waals surface area contributed by atoms with Crippen molar-refractivity contribution in [2.24, 2.45) is 0 Å². The Morgan fingerprint density at radius 2 is 1.83 bits per heavy atom. The van der Waals surface area contributed by atoms with Crippen LogP contribution in [0.1, 0.15) is 27.7 Å². The molecule has 6 nitrogen and oxygen atoms in total. The number of halogens is 1. The van der Waals surface area contributed by atoms with Crippen molar-refractivity contribution in [3.05, 3.63) is 77.3 Å². The molecule has 2 aromatic carbocycles. The minimum atomic E-state index is -0.281. The molecule has 1 aliphatic heterocycles. The molecule has 0 spiro atoms. The van der Waals surface area contributed by atoms with Gasteiger partial charge in [-0.3, -0.25) is 9.69 Å². The number of carbonyl (C=O) groups excluding carboxylic acids is 1. The molecule has 1 N–H and O–H groups in total. The van der Waals surface area contributed by atoms with Crippen LogP contribution in [0.25, 0.3) is 11.3 Å². The summed E-state index contributed by atoms with van der Waals surface area (Å²) in [6, 6.07) is 15.8. The van der Waals surface area contributed by atoms with Crippen LogP contribution in [-0.2, 0) is 4.74 Å². The van der Waals surface area contributed by atoms with Crippen LogP contribution < -0.4 is 5.32 Å². The maximum absolute atomic E-state index is 13.4. The highest BCUT2D eigenvalue weighted by Gasteiger charge is 2.26. The van der Waals surface area contributed by atoms with Gasteiger partial charge >= 0.3 is 0 Å². The van der Waals surface area contributed by atoms with Gasteiger partial charge in [0.2, 0.25) is 0 Å². The Kier molecular flexibility index (Phi) is 6.21. The third-order valence-electron chi connectivity index (χ3n) is 5.33. The third-order valence-corrected chi connectivity index (χ3v) is 5.33. The zero-order valence-electron chi connectivity index (χ0n) is 16.8. The van der Waals surface area contributed by atoms with Crippen molar-refractivity contribution >= 4 is 5.91 Å². The summed E-state index contributed by atoms with van der Waals surface area (Å²) >= 11 is 0. The molecule has 1 fully saturated rings. The Bertz CT molecular complexity index is 983. The molecule has 0 saturated carbocycles. The maximum atomic E-state index is 13.4. The number of aromatic nitrogens is 1. The summed E-state index contributed by atoms with van der Waals surface area (Å²) in [7, 11) is 0. The number of carbonyl (C=O) groups is 1. The van der Waals surface area contributed by atoms with Gasteiger partial charge in [0.1, 0.15) is 22.8 Å². The van der Waals surface area contributed by atoms with Gasteiger partial charge in [0, 0.05) is 25.2 Å². The van der Waals surface area contributed by atoms with E-state index in [1.165, 1.54) is 12.1 Å². The number of hydrogen-bond acceptors (Lipinski definition) is 5. The maximum Gasteiger partial charge on any atom is 0.257 e. The van der Waals surface area contributed by atoms with Crippen LogP contribution >= 0.6 is 0 Å². The molecular formula is C23H24FN3O3. The van der Waals surface area contributed by atoms with Crippen LogP contribution in [0, 0.1) is 12.7 Å². The lowest BCUT2D eigenvalue weighted by atomic mass is 10.0. The quantitative estimate of drug-likeness (QED) is 0.674. The lowest BCUT2D eigenvalue weighted by molar-refractivity contribution is 0.0162. The van der Waals surface area contributed by atoms with Gasteiger partial charge < -0.3 is 14.6 Å². The van der Waals surface area contributed by atoms with Crippen LogP contribution in [0.5, 0.6) is 0 Å². The Hall–Kier alpha value is -3.03. The lowest BCUT2D eigenvalue weighted by Gasteiger charge is -2.35. The van der Waals surface area contributed by atoms with Crippen molar-refractivity contribution in [2.45, 2.75) is 13.0 Å². The van der Waals surface area contributed by atoms with Crippen molar-refractivity contribution in [3.63, 3.8) is 0 Å². The second kappa shape index (κ2) is 9.19. The minimum Gasteiger partial charge on any atom is -0.379 e. The largest absolute Gasteiger partial charge is 0.379 e. The Morgan fingerprint density at radius 3 is 2.53 bits per heavy atom. The predicted molar refractivity (Wildman–Crippen MR) is 111 cm³/mol. The van der Waals surface area contributed by atoms with Crippen molar-refractivity contribution < 1.29 is 18.4 Å². The van der Waals surface area contributed by atoms with Crippen molar-refractivity contribution in [2.75, 3.05) is 32.8 Å². The number of ether oxygens (including phenoxy) is 1.